The van der Waals surface area contributed by atoms with Crippen LogP contribution in [0.1, 0.15) is 88.7 Å². The van der Waals surface area contributed by atoms with Gasteiger partial charge in [0.15, 0.2) is 11.5 Å². The maximum Gasteiger partial charge on any atom is 0.303 e. The van der Waals surface area contributed by atoms with Crippen LogP contribution in [0.25, 0.3) is 0 Å². The number of aromatic hydroxyl groups is 1. The number of benzene rings is 1. The molecule has 6 rings (SSSR count). The highest BCUT2D eigenvalue weighted by Gasteiger charge is 2.72. The number of aliphatic hydroxyl groups is 2. The fourth-order valence-electron chi connectivity index (χ4n) is 7.53. The van der Waals surface area contributed by atoms with Crippen LogP contribution < -0.4 is 4.74 Å². The molecule has 1 spiro atoms. The molecule has 1 saturated heterocycles. The van der Waals surface area contributed by atoms with E-state index in [1.807, 2.05) is 6.07 Å². The molecule has 5 atom stereocenters. The topological polar surface area (TPSA) is 110 Å². The Balaban J connectivity index is 0.000000244. The van der Waals surface area contributed by atoms with E-state index in [-0.39, 0.29) is 11.8 Å². The molecule has 0 amide bonds. The van der Waals surface area contributed by atoms with Crippen LogP contribution in [-0.2, 0) is 16.6 Å². The van der Waals surface area contributed by atoms with Crippen molar-refractivity contribution in [2.24, 2.45) is 5.92 Å². The van der Waals surface area contributed by atoms with E-state index in [0.29, 0.717) is 25.0 Å². The standard InChI is InChI=1S/C21H27NO4.C7H14O2/c23-14-5-4-13-10-16-21(25)7-6-15(24)19-20(21,17(13)18(14)26-19)8-9-22(16)11-12-2-1-3-12;1-2-3-4-5-6-7(8)9/h4-5,12,15-16,19,23-25H,1-3,6-11H2;2-6H2,1H3,(H,8,9)/t15-,16+,19-,20-,21+;/m0./s1. The molecule has 3 aliphatic carbocycles. The molecule has 7 heteroatoms. The van der Waals surface area contributed by atoms with E-state index < -0.39 is 29.2 Å². The highest BCUT2D eigenvalue weighted by Crippen LogP contribution is 2.65. The molecule has 0 unspecified atom stereocenters. The monoisotopic (exact) mass is 487 g/mol. The van der Waals surface area contributed by atoms with Crippen LogP contribution in [0, 0.1) is 5.92 Å². The maximum absolute atomic E-state index is 12.1. The van der Waals surface area contributed by atoms with E-state index in [1.54, 1.807) is 6.07 Å². The Labute approximate surface area is 208 Å². The molecular formula is C28H41NO6. The van der Waals surface area contributed by atoms with Gasteiger partial charge in [0.1, 0.15) is 6.10 Å². The van der Waals surface area contributed by atoms with Crippen LogP contribution in [0.4, 0.5) is 0 Å². The lowest BCUT2D eigenvalue weighted by atomic mass is 9.48. The van der Waals surface area contributed by atoms with Crippen LogP contribution in [0.15, 0.2) is 12.1 Å². The van der Waals surface area contributed by atoms with Gasteiger partial charge in [0, 0.05) is 24.6 Å². The third kappa shape index (κ3) is 3.94. The van der Waals surface area contributed by atoms with E-state index in [9.17, 15) is 20.1 Å². The lowest BCUT2D eigenvalue weighted by Crippen LogP contribution is -2.77. The number of phenolic OH excluding ortho intramolecular Hbond substituents is 1. The van der Waals surface area contributed by atoms with Crippen LogP contribution in [0.3, 0.4) is 0 Å². The second-order valence-electron chi connectivity index (χ2n) is 11.5. The summed E-state index contributed by atoms with van der Waals surface area (Å²) in [6.45, 7) is 4.13. The molecule has 3 fully saturated rings. The summed E-state index contributed by atoms with van der Waals surface area (Å²) >= 11 is 0. The molecular weight excluding hydrogens is 446 g/mol. The summed E-state index contributed by atoms with van der Waals surface area (Å²) in [7, 11) is 0. The molecule has 2 aliphatic heterocycles. The Morgan fingerprint density at radius 3 is 2.66 bits per heavy atom. The molecule has 4 N–H and O–H groups in total. The minimum Gasteiger partial charge on any atom is -0.504 e. The van der Waals surface area contributed by atoms with E-state index >= 15 is 0 Å². The van der Waals surface area contributed by atoms with Crippen LogP contribution in [0.2, 0.25) is 0 Å². The van der Waals surface area contributed by atoms with Gasteiger partial charge in [-0.25, -0.2) is 0 Å². The van der Waals surface area contributed by atoms with Gasteiger partial charge in [-0.1, -0.05) is 38.7 Å². The number of aliphatic carboxylic acids is 1. The summed E-state index contributed by atoms with van der Waals surface area (Å²) in [4.78, 5) is 12.5. The average molecular weight is 488 g/mol. The number of carbonyl (C=O) groups is 1. The number of piperidine rings is 1. The summed E-state index contributed by atoms with van der Waals surface area (Å²) in [5.41, 5.74) is 0.712. The summed E-state index contributed by atoms with van der Waals surface area (Å²) in [5.74, 6) is 0.746. The van der Waals surface area contributed by atoms with Gasteiger partial charge in [0.25, 0.3) is 0 Å². The third-order valence-corrected chi connectivity index (χ3v) is 9.50. The predicted molar refractivity (Wildman–Crippen MR) is 132 cm³/mol. The van der Waals surface area contributed by atoms with Crippen molar-refractivity contribution in [2.75, 3.05) is 13.1 Å². The summed E-state index contributed by atoms with van der Waals surface area (Å²) in [5, 5.41) is 41.4. The minimum atomic E-state index is -0.884. The van der Waals surface area contributed by atoms with Gasteiger partial charge in [-0.2, -0.15) is 0 Å². The number of phenols is 1. The Hall–Kier alpha value is -1.83. The van der Waals surface area contributed by atoms with Crippen LogP contribution >= 0.6 is 0 Å². The number of ether oxygens (including phenoxy) is 1. The first kappa shape index (κ1) is 24.8. The lowest BCUT2D eigenvalue weighted by molar-refractivity contribution is -0.209. The van der Waals surface area contributed by atoms with Crippen LogP contribution in [-0.4, -0.2) is 68.2 Å². The summed E-state index contributed by atoms with van der Waals surface area (Å²) < 4.78 is 6.16. The van der Waals surface area contributed by atoms with E-state index in [0.717, 1.165) is 56.7 Å². The lowest BCUT2D eigenvalue weighted by Gasteiger charge is -2.64. The Morgan fingerprint density at radius 2 is 1.97 bits per heavy atom. The number of likely N-dealkylation sites (tertiary alicyclic amines) is 1. The van der Waals surface area contributed by atoms with Crippen molar-refractivity contribution in [3.05, 3.63) is 23.3 Å². The van der Waals surface area contributed by atoms with Crippen molar-refractivity contribution in [2.45, 2.75) is 113 Å². The molecule has 194 valence electrons. The number of aliphatic hydroxyl groups excluding tert-OH is 1. The van der Waals surface area contributed by atoms with Gasteiger partial charge in [-0.3, -0.25) is 9.69 Å². The normalized spacial score (nSPS) is 34.8. The van der Waals surface area contributed by atoms with E-state index in [4.69, 9.17) is 9.84 Å². The number of rotatable bonds is 7. The number of carboxylic acids is 1. The van der Waals surface area contributed by atoms with E-state index in [1.165, 1.54) is 31.2 Å². The van der Waals surface area contributed by atoms with E-state index in [2.05, 4.69) is 11.8 Å². The quantitative estimate of drug-likeness (QED) is 0.434. The largest absolute Gasteiger partial charge is 0.504 e. The number of unbranched alkanes of at least 4 members (excludes halogenated alkanes) is 3. The Morgan fingerprint density at radius 1 is 1.17 bits per heavy atom. The first-order valence-electron chi connectivity index (χ1n) is 13.7. The second kappa shape index (κ2) is 9.56. The van der Waals surface area contributed by atoms with Crippen LogP contribution in [0.5, 0.6) is 11.5 Å². The second-order valence-corrected chi connectivity index (χ2v) is 11.5. The Kier molecular flexibility index (Phi) is 6.79. The zero-order chi connectivity index (χ0) is 24.8. The zero-order valence-electron chi connectivity index (χ0n) is 20.9. The number of hydrogen-bond donors (Lipinski definition) is 4. The highest BCUT2D eigenvalue weighted by atomic mass is 16.5. The predicted octanol–water partition coefficient (Wildman–Crippen LogP) is 3.75. The third-order valence-electron chi connectivity index (χ3n) is 9.50. The van der Waals surface area contributed by atoms with Crippen molar-refractivity contribution in [3.8, 4) is 11.5 Å². The van der Waals surface area contributed by atoms with Crippen molar-refractivity contribution >= 4 is 5.97 Å². The molecule has 2 saturated carbocycles. The molecule has 1 aromatic rings. The maximum atomic E-state index is 12.1. The molecule has 0 radical (unpaired) electrons. The molecule has 1 aromatic carbocycles. The molecule has 2 bridgehead atoms. The van der Waals surface area contributed by atoms with Gasteiger partial charge in [0.2, 0.25) is 0 Å². The molecule has 2 heterocycles. The first-order valence-corrected chi connectivity index (χ1v) is 13.7. The van der Waals surface area contributed by atoms with Gasteiger partial charge in [0.05, 0.1) is 17.1 Å². The van der Waals surface area contributed by atoms with Gasteiger partial charge < -0.3 is 25.2 Å². The molecule has 0 aromatic heterocycles. The number of nitrogens with zero attached hydrogens (tertiary/aromatic N) is 1. The van der Waals surface area contributed by atoms with Gasteiger partial charge >= 0.3 is 5.97 Å². The molecule has 5 aliphatic rings. The Bertz CT molecular complexity index is 948. The first-order chi connectivity index (χ1) is 16.8. The average Bonchev–Trinajstić information content (AvgIpc) is 3.15. The van der Waals surface area contributed by atoms with Gasteiger partial charge in [-0.15, -0.1) is 0 Å². The fourth-order valence-corrected chi connectivity index (χ4v) is 7.53. The SMILES string of the molecule is CCCCCCC(=O)O.Oc1ccc2c3c1O[C@H]1[C@@H](O)CC[C@@]4(O)[C@@H](C2)N(CC2CCC2)CC[C@]314. The fraction of sp³-hybridized carbons (Fsp3) is 0.750. The smallest absolute Gasteiger partial charge is 0.303 e. The molecule has 35 heavy (non-hydrogen) atoms. The number of carboxylic acid groups (broad SMARTS) is 1. The summed E-state index contributed by atoms with van der Waals surface area (Å²) in [6.07, 6.45) is 10.2. The van der Waals surface area contributed by atoms with Crippen molar-refractivity contribution in [3.63, 3.8) is 0 Å². The van der Waals surface area contributed by atoms with Gasteiger partial charge in [-0.05, 0) is 69.0 Å². The van der Waals surface area contributed by atoms with Crippen molar-refractivity contribution in [1.82, 2.24) is 4.90 Å². The highest BCUT2D eigenvalue weighted by molar-refractivity contribution is 5.66. The van der Waals surface area contributed by atoms with Crippen molar-refractivity contribution < 1.29 is 30.0 Å². The minimum absolute atomic E-state index is 0.0819. The zero-order valence-corrected chi connectivity index (χ0v) is 20.9. The summed E-state index contributed by atoms with van der Waals surface area (Å²) in [6, 6.07) is 3.80. The van der Waals surface area contributed by atoms with Crippen molar-refractivity contribution in [1.29, 1.82) is 0 Å². The number of hydrogen-bond acceptors (Lipinski definition) is 6. The molecule has 7 nitrogen and oxygen atoms in total.